The van der Waals surface area contributed by atoms with Gasteiger partial charge in [0, 0.05) is 9.13 Å². The van der Waals surface area contributed by atoms with Gasteiger partial charge >= 0.3 is 0 Å². The molecule has 0 bridgehead atoms. The third kappa shape index (κ3) is 2.23. The summed E-state index contributed by atoms with van der Waals surface area (Å²) in [7, 11) is 0. The molecule has 0 heterocycles. The van der Waals surface area contributed by atoms with E-state index in [0.717, 1.165) is 24.2 Å². The van der Waals surface area contributed by atoms with E-state index in [1.54, 1.807) is 0 Å². The Labute approximate surface area is 116 Å². The molecule has 0 amide bonds. The molecule has 0 aliphatic heterocycles. The Hall–Kier alpha value is -0.0200. The maximum absolute atomic E-state index is 6.28. The van der Waals surface area contributed by atoms with Gasteiger partial charge in [0.2, 0.25) is 0 Å². The Bertz CT molecular complexity index is 523. The molecular formula is C12H7BrClI. The lowest BCUT2D eigenvalue weighted by molar-refractivity contribution is 1.53. The minimum Gasteiger partial charge on any atom is -0.104 e. The van der Waals surface area contributed by atoms with E-state index >= 15 is 0 Å². The van der Waals surface area contributed by atoms with E-state index in [0.29, 0.717) is 0 Å². The molecule has 0 N–H and O–H groups in total. The van der Waals surface area contributed by atoms with Crippen LogP contribution in [0, 0.1) is 3.57 Å². The van der Waals surface area contributed by atoms with Crippen LogP contribution >= 0.6 is 50.1 Å². The fraction of sp³-hybridized carbons (Fsp3) is 0.0833. The summed E-state index contributed by atoms with van der Waals surface area (Å²) in [4.78, 5) is 0. The van der Waals surface area contributed by atoms with Crippen molar-refractivity contribution in [3.63, 3.8) is 0 Å². The Balaban J connectivity index is 2.82. The zero-order valence-electron chi connectivity index (χ0n) is 7.94. The summed E-state index contributed by atoms with van der Waals surface area (Å²) in [5, 5.41) is 0.784. The van der Waals surface area contributed by atoms with Crippen LogP contribution in [-0.4, -0.2) is 0 Å². The number of hydrogen-bond donors (Lipinski definition) is 0. The van der Waals surface area contributed by atoms with Crippen molar-refractivity contribution < 1.29 is 0 Å². The largest absolute Gasteiger partial charge is 0.104 e. The van der Waals surface area contributed by atoms with E-state index < -0.39 is 0 Å². The monoisotopic (exact) mass is 392 g/mol. The SMILES string of the molecule is CC1=Cc2ccc(I)c(Cl)c2C(Br)=C=C1. The van der Waals surface area contributed by atoms with Crippen LogP contribution in [0.25, 0.3) is 10.6 Å². The Morgan fingerprint density at radius 3 is 2.87 bits per heavy atom. The van der Waals surface area contributed by atoms with Gasteiger partial charge in [-0.2, -0.15) is 0 Å². The molecule has 1 aromatic carbocycles. The lowest BCUT2D eigenvalue weighted by Crippen LogP contribution is -1.88. The summed E-state index contributed by atoms with van der Waals surface area (Å²) >= 11 is 12.0. The van der Waals surface area contributed by atoms with Gasteiger partial charge in [0.15, 0.2) is 0 Å². The van der Waals surface area contributed by atoms with E-state index in [4.69, 9.17) is 11.6 Å². The average Bonchev–Trinajstić information content (AvgIpc) is 2.33. The van der Waals surface area contributed by atoms with Crippen molar-refractivity contribution in [1.29, 1.82) is 0 Å². The predicted molar refractivity (Wildman–Crippen MR) is 78.2 cm³/mol. The molecule has 0 unspecified atom stereocenters. The van der Waals surface area contributed by atoms with Crippen LogP contribution in [0.4, 0.5) is 0 Å². The van der Waals surface area contributed by atoms with Crippen LogP contribution in [0.2, 0.25) is 5.02 Å². The first-order valence-corrected chi connectivity index (χ1v) is 6.63. The first-order valence-electron chi connectivity index (χ1n) is 4.38. The molecule has 0 spiro atoms. The van der Waals surface area contributed by atoms with Gasteiger partial charge < -0.3 is 0 Å². The summed E-state index contributed by atoms with van der Waals surface area (Å²) in [5.41, 5.74) is 6.50. The molecule has 3 heteroatoms. The number of benzene rings is 1. The fourth-order valence-corrected chi connectivity index (χ4v) is 2.82. The van der Waals surface area contributed by atoms with Crippen molar-refractivity contribution in [2.75, 3.05) is 0 Å². The Morgan fingerprint density at radius 2 is 2.13 bits per heavy atom. The summed E-state index contributed by atoms with van der Waals surface area (Å²) in [6.45, 7) is 2.05. The van der Waals surface area contributed by atoms with Crippen LogP contribution < -0.4 is 0 Å². The van der Waals surface area contributed by atoms with Crippen molar-refractivity contribution in [2.45, 2.75) is 6.92 Å². The summed E-state index contributed by atoms with van der Waals surface area (Å²) in [6.07, 6.45) is 4.06. The van der Waals surface area contributed by atoms with Crippen LogP contribution in [0.1, 0.15) is 18.1 Å². The van der Waals surface area contributed by atoms with E-state index in [2.05, 4.69) is 56.4 Å². The molecule has 0 radical (unpaired) electrons. The molecule has 1 aliphatic rings. The van der Waals surface area contributed by atoms with Gasteiger partial charge in [-0.15, -0.1) is 5.73 Å². The topological polar surface area (TPSA) is 0 Å². The molecule has 0 saturated heterocycles. The Kier molecular flexibility index (Phi) is 3.41. The minimum absolute atomic E-state index is 0.784. The smallest absolute Gasteiger partial charge is 0.0687 e. The highest BCUT2D eigenvalue weighted by atomic mass is 127. The predicted octanol–water partition coefficient (Wildman–Crippen LogP) is 5.25. The zero-order valence-corrected chi connectivity index (χ0v) is 12.4. The first kappa shape index (κ1) is 11.5. The molecule has 0 nitrogen and oxygen atoms in total. The highest BCUT2D eigenvalue weighted by molar-refractivity contribution is 14.1. The van der Waals surface area contributed by atoms with E-state index in [1.165, 1.54) is 5.57 Å². The van der Waals surface area contributed by atoms with Gasteiger partial charge in [-0.1, -0.05) is 23.7 Å². The molecule has 1 aliphatic carbocycles. The lowest BCUT2D eigenvalue weighted by Gasteiger charge is -2.07. The van der Waals surface area contributed by atoms with Gasteiger partial charge in [0.25, 0.3) is 0 Å². The maximum atomic E-state index is 6.28. The standard InChI is InChI=1S/C12H7BrClI/c1-7-2-4-9(13)11-8(6-7)3-5-10(15)12(11)14/h2-3,5-6H,1H3. The summed E-state index contributed by atoms with van der Waals surface area (Å²) in [5.74, 6) is 0. The number of allylic oxidation sites excluding steroid dienone is 2. The maximum Gasteiger partial charge on any atom is 0.0687 e. The second-order valence-electron chi connectivity index (χ2n) is 3.32. The molecule has 0 fully saturated rings. The first-order chi connectivity index (χ1) is 7.09. The second kappa shape index (κ2) is 4.46. The second-order valence-corrected chi connectivity index (χ2v) is 5.65. The van der Waals surface area contributed by atoms with Gasteiger partial charge in [-0.3, -0.25) is 0 Å². The molecule has 76 valence electrons. The number of halogens is 3. The molecule has 2 rings (SSSR count). The van der Waals surface area contributed by atoms with Crippen molar-refractivity contribution in [3.05, 3.63) is 49.2 Å². The summed E-state index contributed by atoms with van der Waals surface area (Å²) < 4.78 is 1.97. The minimum atomic E-state index is 0.784. The quantitative estimate of drug-likeness (QED) is 0.417. The van der Waals surface area contributed by atoms with Crippen molar-refractivity contribution in [1.82, 2.24) is 0 Å². The highest BCUT2D eigenvalue weighted by Gasteiger charge is 2.13. The number of fused-ring (bicyclic) bond motifs is 1. The molecule has 0 aromatic heterocycles. The van der Waals surface area contributed by atoms with Crippen LogP contribution in [0.3, 0.4) is 0 Å². The molecule has 1 aromatic rings. The van der Waals surface area contributed by atoms with Gasteiger partial charge in [-0.05, 0) is 68.7 Å². The van der Waals surface area contributed by atoms with Crippen LogP contribution in [-0.2, 0) is 0 Å². The zero-order chi connectivity index (χ0) is 11.0. The van der Waals surface area contributed by atoms with Crippen LogP contribution in [0.15, 0.2) is 29.5 Å². The highest BCUT2D eigenvalue weighted by Crippen LogP contribution is 2.36. The van der Waals surface area contributed by atoms with Crippen LogP contribution in [0.5, 0.6) is 0 Å². The summed E-state index contributed by atoms with van der Waals surface area (Å²) in [6, 6.07) is 4.10. The lowest BCUT2D eigenvalue weighted by atomic mass is 10.1. The average molecular weight is 393 g/mol. The van der Waals surface area contributed by atoms with Crippen molar-refractivity contribution in [3.8, 4) is 0 Å². The molecular weight excluding hydrogens is 386 g/mol. The number of rotatable bonds is 0. The van der Waals surface area contributed by atoms with Gasteiger partial charge in [-0.25, -0.2) is 0 Å². The number of hydrogen-bond acceptors (Lipinski definition) is 0. The Morgan fingerprint density at radius 1 is 1.40 bits per heavy atom. The third-order valence-electron chi connectivity index (χ3n) is 2.16. The van der Waals surface area contributed by atoms with E-state index in [1.807, 2.05) is 19.1 Å². The molecule has 0 atom stereocenters. The van der Waals surface area contributed by atoms with E-state index in [-0.39, 0.29) is 0 Å². The van der Waals surface area contributed by atoms with E-state index in [9.17, 15) is 0 Å². The fourth-order valence-electron chi connectivity index (χ4n) is 1.45. The third-order valence-corrected chi connectivity index (χ3v) is 4.39. The molecule has 0 saturated carbocycles. The van der Waals surface area contributed by atoms with Gasteiger partial charge in [0.05, 0.1) is 9.51 Å². The van der Waals surface area contributed by atoms with Crippen molar-refractivity contribution in [2.24, 2.45) is 0 Å². The normalized spacial score (nSPS) is 14.1. The molecule has 15 heavy (non-hydrogen) atoms. The van der Waals surface area contributed by atoms with Crippen molar-refractivity contribution >= 4 is 60.7 Å². The van der Waals surface area contributed by atoms with Gasteiger partial charge in [0.1, 0.15) is 0 Å².